The van der Waals surface area contributed by atoms with E-state index in [1.807, 2.05) is 12.1 Å². The van der Waals surface area contributed by atoms with E-state index < -0.39 is 4.92 Å². The molecule has 2 aromatic carbocycles. The average Bonchev–Trinajstić information content (AvgIpc) is 3.16. The van der Waals surface area contributed by atoms with Gasteiger partial charge in [-0.3, -0.25) is 14.9 Å². The van der Waals surface area contributed by atoms with Gasteiger partial charge in [-0.1, -0.05) is 6.07 Å². The summed E-state index contributed by atoms with van der Waals surface area (Å²) in [6.07, 6.45) is 1.67. The molecule has 0 spiro atoms. The predicted molar refractivity (Wildman–Crippen MR) is 100 cm³/mol. The van der Waals surface area contributed by atoms with Gasteiger partial charge in [-0.15, -0.1) is 0 Å². The lowest BCUT2D eigenvalue weighted by atomic mass is 10.0. The number of benzene rings is 2. The molecule has 1 saturated heterocycles. The van der Waals surface area contributed by atoms with Crippen molar-refractivity contribution >= 4 is 11.6 Å². The van der Waals surface area contributed by atoms with Crippen molar-refractivity contribution in [2.45, 2.75) is 25.8 Å². The first-order chi connectivity index (χ1) is 13.0. The summed E-state index contributed by atoms with van der Waals surface area (Å²) >= 11 is 0. The number of hydrogen-bond donors (Lipinski definition) is 0. The number of nitro benzene ring substituents is 1. The molecule has 1 fully saturated rings. The standard InChI is InChI=1S/C20H22N2O5/c1-13-6-7-14(11-18(13)22(24)25)20(23)21-10-4-5-17(21)16-9-8-15(26-2)12-19(16)27-3/h6-9,11-12,17H,4-5,10H2,1-3H3. The van der Waals surface area contributed by atoms with Gasteiger partial charge in [0.15, 0.2) is 0 Å². The molecule has 1 amide bonds. The maximum Gasteiger partial charge on any atom is 0.273 e. The third-order valence-electron chi connectivity index (χ3n) is 4.97. The van der Waals surface area contributed by atoms with E-state index in [0.29, 0.717) is 29.2 Å². The van der Waals surface area contributed by atoms with E-state index in [9.17, 15) is 14.9 Å². The highest BCUT2D eigenvalue weighted by molar-refractivity contribution is 5.95. The quantitative estimate of drug-likeness (QED) is 0.589. The van der Waals surface area contributed by atoms with Gasteiger partial charge < -0.3 is 14.4 Å². The minimum atomic E-state index is -0.458. The van der Waals surface area contributed by atoms with Crippen LogP contribution >= 0.6 is 0 Å². The van der Waals surface area contributed by atoms with E-state index in [4.69, 9.17) is 9.47 Å². The number of amides is 1. The molecule has 2 aromatic rings. The van der Waals surface area contributed by atoms with Crippen LogP contribution in [0.4, 0.5) is 5.69 Å². The largest absolute Gasteiger partial charge is 0.497 e. The van der Waals surface area contributed by atoms with E-state index in [1.165, 1.54) is 6.07 Å². The highest BCUT2D eigenvalue weighted by atomic mass is 16.6. The van der Waals surface area contributed by atoms with Crippen LogP contribution < -0.4 is 9.47 Å². The molecule has 0 aliphatic carbocycles. The Bertz CT molecular complexity index is 881. The summed E-state index contributed by atoms with van der Waals surface area (Å²) in [7, 11) is 3.17. The number of ether oxygens (including phenoxy) is 2. The van der Waals surface area contributed by atoms with Crippen molar-refractivity contribution in [3.05, 3.63) is 63.2 Å². The molecule has 1 unspecified atom stereocenters. The Hall–Kier alpha value is -3.09. The normalized spacial score (nSPS) is 16.3. The van der Waals surface area contributed by atoms with Crippen LogP contribution in [0.15, 0.2) is 36.4 Å². The van der Waals surface area contributed by atoms with Gasteiger partial charge in [-0.25, -0.2) is 0 Å². The fourth-order valence-electron chi connectivity index (χ4n) is 3.53. The van der Waals surface area contributed by atoms with Gasteiger partial charge >= 0.3 is 0 Å². The van der Waals surface area contributed by atoms with Crippen molar-refractivity contribution in [1.29, 1.82) is 0 Å². The second kappa shape index (κ2) is 7.65. The number of methoxy groups -OCH3 is 2. The lowest BCUT2D eigenvalue weighted by Crippen LogP contribution is -2.30. The third kappa shape index (κ3) is 3.58. The number of nitro groups is 1. The van der Waals surface area contributed by atoms with Crippen LogP contribution in [-0.2, 0) is 0 Å². The van der Waals surface area contributed by atoms with E-state index in [-0.39, 0.29) is 17.6 Å². The predicted octanol–water partition coefficient (Wildman–Crippen LogP) is 3.90. The van der Waals surface area contributed by atoms with Crippen molar-refractivity contribution in [2.75, 3.05) is 20.8 Å². The monoisotopic (exact) mass is 370 g/mol. The fraction of sp³-hybridized carbons (Fsp3) is 0.350. The zero-order valence-corrected chi connectivity index (χ0v) is 15.6. The summed E-state index contributed by atoms with van der Waals surface area (Å²) in [6, 6.07) is 10.0. The van der Waals surface area contributed by atoms with Crippen molar-refractivity contribution < 1.29 is 19.2 Å². The van der Waals surface area contributed by atoms with Crippen molar-refractivity contribution in [3.8, 4) is 11.5 Å². The van der Waals surface area contributed by atoms with E-state index in [2.05, 4.69) is 0 Å². The second-order valence-corrected chi connectivity index (χ2v) is 6.52. The molecule has 7 nitrogen and oxygen atoms in total. The fourth-order valence-corrected chi connectivity index (χ4v) is 3.53. The Labute approximate surface area is 157 Å². The smallest absolute Gasteiger partial charge is 0.273 e. The van der Waals surface area contributed by atoms with E-state index in [1.54, 1.807) is 44.2 Å². The number of aryl methyl sites for hydroxylation is 1. The molecule has 0 aromatic heterocycles. The van der Waals surface area contributed by atoms with Crippen LogP contribution in [0.25, 0.3) is 0 Å². The Morgan fingerprint density at radius 1 is 1.19 bits per heavy atom. The molecule has 142 valence electrons. The molecule has 0 saturated carbocycles. The molecule has 1 heterocycles. The van der Waals surface area contributed by atoms with Gasteiger partial charge in [0.1, 0.15) is 11.5 Å². The first kappa shape index (κ1) is 18.7. The van der Waals surface area contributed by atoms with E-state index >= 15 is 0 Å². The summed E-state index contributed by atoms with van der Waals surface area (Å²) in [4.78, 5) is 25.6. The molecular weight excluding hydrogens is 348 g/mol. The first-order valence-corrected chi connectivity index (χ1v) is 8.74. The van der Waals surface area contributed by atoms with Crippen molar-refractivity contribution in [1.82, 2.24) is 4.90 Å². The Balaban J connectivity index is 1.94. The van der Waals surface area contributed by atoms with E-state index in [0.717, 1.165) is 18.4 Å². The van der Waals surface area contributed by atoms with Crippen LogP contribution in [0.5, 0.6) is 11.5 Å². The SMILES string of the molecule is COc1ccc(C2CCCN2C(=O)c2ccc(C)c([N+](=O)[O-])c2)c(OC)c1. The van der Waals surface area contributed by atoms with Gasteiger partial charge in [-0.2, -0.15) is 0 Å². The number of nitrogens with zero attached hydrogens (tertiary/aromatic N) is 2. The van der Waals surface area contributed by atoms with Gasteiger partial charge in [-0.05, 0) is 38.0 Å². The van der Waals surface area contributed by atoms with Gasteiger partial charge in [0.2, 0.25) is 0 Å². The molecule has 0 N–H and O–H groups in total. The first-order valence-electron chi connectivity index (χ1n) is 8.74. The number of hydrogen-bond acceptors (Lipinski definition) is 5. The lowest BCUT2D eigenvalue weighted by Gasteiger charge is -2.26. The maximum atomic E-state index is 13.1. The summed E-state index contributed by atoms with van der Waals surface area (Å²) in [5, 5.41) is 11.2. The minimum Gasteiger partial charge on any atom is -0.497 e. The van der Waals surface area contributed by atoms with Gasteiger partial charge in [0.25, 0.3) is 11.6 Å². The second-order valence-electron chi connectivity index (χ2n) is 6.52. The van der Waals surface area contributed by atoms with Crippen LogP contribution in [-0.4, -0.2) is 36.5 Å². The van der Waals surface area contributed by atoms with Crippen LogP contribution in [0.1, 0.15) is 40.4 Å². The van der Waals surface area contributed by atoms with Gasteiger partial charge in [0.05, 0.1) is 25.2 Å². The molecule has 27 heavy (non-hydrogen) atoms. The van der Waals surface area contributed by atoms with Crippen molar-refractivity contribution in [3.63, 3.8) is 0 Å². The Morgan fingerprint density at radius 3 is 2.63 bits per heavy atom. The summed E-state index contributed by atoms with van der Waals surface area (Å²) in [5.41, 5.74) is 1.72. The molecule has 0 radical (unpaired) electrons. The number of likely N-dealkylation sites (tertiary alicyclic amines) is 1. The summed E-state index contributed by atoms with van der Waals surface area (Å²) < 4.78 is 10.7. The maximum absolute atomic E-state index is 13.1. The number of carbonyl (C=O) groups excluding carboxylic acids is 1. The molecule has 7 heteroatoms. The molecule has 1 atom stereocenters. The zero-order valence-electron chi connectivity index (χ0n) is 15.6. The number of rotatable bonds is 5. The topological polar surface area (TPSA) is 81.9 Å². The summed E-state index contributed by atoms with van der Waals surface area (Å²) in [6.45, 7) is 2.26. The molecule has 0 bridgehead atoms. The molecule has 3 rings (SSSR count). The lowest BCUT2D eigenvalue weighted by molar-refractivity contribution is -0.385. The molecular formula is C20H22N2O5. The minimum absolute atomic E-state index is 0.0429. The molecule has 1 aliphatic heterocycles. The third-order valence-corrected chi connectivity index (χ3v) is 4.97. The molecule has 1 aliphatic rings. The van der Waals surface area contributed by atoms with Crippen LogP contribution in [0, 0.1) is 17.0 Å². The summed E-state index contributed by atoms with van der Waals surface area (Å²) in [5.74, 6) is 1.13. The Morgan fingerprint density at radius 2 is 1.96 bits per heavy atom. The zero-order chi connectivity index (χ0) is 19.6. The van der Waals surface area contributed by atoms with Crippen molar-refractivity contribution in [2.24, 2.45) is 0 Å². The van der Waals surface area contributed by atoms with Crippen LogP contribution in [0.3, 0.4) is 0 Å². The highest BCUT2D eigenvalue weighted by Gasteiger charge is 2.33. The Kier molecular flexibility index (Phi) is 5.30. The average molecular weight is 370 g/mol. The van der Waals surface area contributed by atoms with Gasteiger partial charge in [0, 0.05) is 35.4 Å². The highest BCUT2D eigenvalue weighted by Crippen LogP contribution is 2.39. The number of carbonyl (C=O) groups is 1. The van der Waals surface area contributed by atoms with Crippen LogP contribution in [0.2, 0.25) is 0 Å².